The third-order valence-corrected chi connectivity index (χ3v) is 4.05. The van der Waals surface area contributed by atoms with Gasteiger partial charge in [-0.3, -0.25) is 14.9 Å². The molecular weight excluding hydrogens is 296 g/mol. The van der Waals surface area contributed by atoms with Gasteiger partial charge >= 0.3 is 0 Å². The number of benzene rings is 1. The molecule has 1 aromatic carbocycles. The van der Waals surface area contributed by atoms with Crippen molar-refractivity contribution >= 4 is 28.9 Å². The fourth-order valence-corrected chi connectivity index (χ4v) is 2.65. The molecule has 1 aliphatic heterocycles. The number of hydrogen-bond acceptors (Lipinski definition) is 5. The average molecular weight is 313 g/mol. The Labute approximate surface area is 127 Å². The second-order valence-corrected chi connectivity index (χ2v) is 5.54. The van der Waals surface area contributed by atoms with Gasteiger partial charge in [-0.15, -0.1) is 0 Å². The lowest BCUT2D eigenvalue weighted by molar-refractivity contribution is -0.383. The molecule has 0 aromatic heterocycles. The summed E-state index contributed by atoms with van der Waals surface area (Å²) in [6.07, 6.45) is 2.13. The number of nitro benzene ring substituents is 1. The number of anilines is 1. The van der Waals surface area contributed by atoms with E-state index in [4.69, 9.17) is 17.3 Å². The van der Waals surface area contributed by atoms with E-state index in [0.29, 0.717) is 12.6 Å². The highest BCUT2D eigenvalue weighted by Crippen LogP contribution is 2.30. The normalized spacial score (nSPS) is 18.7. The van der Waals surface area contributed by atoms with Gasteiger partial charge in [0.25, 0.3) is 11.6 Å². The molecule has 0 spiro atoms. The van der Waals surface area contributed by atoms with Crippen LogP contribution in [0.3, 0.4) is 0 Å². The number of nitrogens with zero attached hydrogens (tertiary/aromatic N) is 2. The first-order chi connectivity index (χ1) is 9.90. The number of hydrogen-bond donors (Lipinski definition) is 2. The lowest BCUT2D eigenvalue weighted by Gasteiger charge is -2.19. The minimum atomic E-state index is -0.650. The van der Waals surface area contributed by atoms with Gasteiger partial charge in [0.2, 0.25) is 0 Å². The SMILES string of the molecule is CN1CCCC1CNC(=O)c1cc(Cl)c(N)c([N+](=O)[O-])c1. The second kappa shape index (κ2) is 6.28. The standard InChI is InChI=1S/C13H17ClN4O3/c1-17-4-2-3-9(17)7-16-13(19)8-5-10(14)12(15)11(6-8)18(20)21/h5-6,9H,2-4,7,15H2,1H3,(H,16,19). The van der Waals surface area contributed by atoms with Crippen LogP contribution in [0.4, 0.5) is 11.4 Å². The number of rotatable bonds is 4. The molecular formula is C13H17ClN4O3. The molecule has 1 heterocycles. The van der Waals surface area contributed by atoms with Gasteiger partial charge in [-0.1, -0.05) is 11.6 Å². The van der Waals surface area contributed by atoms with Crippen LogP contribution >= 0.6 is 11.6 Å². The predicted octanol–water partition coefficient (Wildman–Crippen LogP) is 1.65. The van der Waals surface area contributed by atoms with Gasteiger partial charge in [0.1, 0.15) is 5.69 Å². The first kappa shape index (κ1) is 15.5. The van der Waals surface area contributed by atoms with Crippen LogP contribution in [0.5, 0.6) is 0 Å². The number of nitrogens with two attached hydrogens (primary N) is 1. The van der Waals surface area contributed by atoms with Crippen LogP contribution in [0.25, 0.3) is 0 Å². The van der Waals surface area contributed by atoms with Gasteiger partial charge in [-0.2, -0.15) is 0 Å². The predicted molar refractivity (Wildman–Crippen MR) is 80.5 cm³/mol. The minimum absolute atomic E-state index is 0.00679. The van der Waals surface area contributed by atoms with Crippen molar-refractivity contribution in [2.45, 2.75) is 18.9 Å². The summed E-state index contributed by atoms with van der Waals surface area (Å²) in [5, 5.41) is 13.7. The number of halogens is 1. The van der Waals surface area contributed by atoms with E-state index in [2.05, 4.69) is 10.2 Å². The van der Waals surface area contributed by atoms with Crippen molar-refractivity contribution in [2.24, 2.45) is 0 Å². The molecule has 7 nitrogen and oxygen atoms in total. The number of nitrogens with one attached hydrogen (secondary N) is 1. The summed E-state index contributed by atoms with van der Waals surface area (Å²) in [6.45, 7) is 1.52. The van der Waals surface area contributed by atoms with E-state index >= 15 is 0 Å². The van der Waals surface area contributed by atoms with Gasteiger partial charge in [-0.05, 0) is 32.5 Å². The van der Waals surface area contributed by atoms with Crippen LogP contribution in [-0.4, -0.2) is 41.9 Å². The molecule has 1 unspecified atom stereocenters. The van der Waals surface area contributed by atoms with Crippen molar-refractivity contribution in [3.05, 3.63) is 32.8 Å². The van der Waals surface area contributed by atoms with Crippen molar-refractivity contribution in [1.82, 2.24) is 10.2 Å². The molecule has 1 atom stereocenters. The van der Waals surface area contributed by atoms with Crippen molar-refractivity contribution in [3.8, 4) is 0 Å². The zero-order chi connectivity index (χ0) is 15.6. The maximum Gasteiger partial charge on any atom is 0.294 e. The van der Waals surface area contributed by atoms with Gasteiger partial charge in [-0.25, -0.2) is 0 Å². The first-order valence-corrected chi connectivity index (χ1v) is 6.99. The van der Waals surface area contributed by atoms with Crippen molar-refractivity contribution in [1.29, 1.82) is 0 Å². The molecule has 0 aliphatic carbocycles. The van der Waals surface area contributed by atoms with E-state index in [9.17, 15) is 14.9 Å². The van der Waals surface area contributed by atoms with E-state index < -0.39 is 4.92 Å². The Balaban J connectivity index is 2.10. The maximum absolute atomic E-state index is 12.1. The van der Waals surface area contributed by atoms with E-state index in [1.54, 1.807) is 0 Å². The van der Waals surface area contributed by atoms with Crippen LogP contribution in [-0.2, 0) is 0 Å². The molecule has 3 N–H and O–H groups in total. The molecule has 1 aliphatic rings. The number of nitro groups is 1. The summed E-state index contributed by atoms with van der Waals surface area (Å²) in [5.74, 6) is -0.389. The number of nitrogen functional groups attached to an aromatic ring is 1. The number of amides is 1. The van der Waals surface area contributed by atoms with Gasteiger partial charge in [0.05, 0.1) is 9.95 Å². The van der Waals surface area contributed by atoms with E-state index in [0.717, 1.165) is 25.5 Å². The van der Waals surface area contributed by atoms with Gasteiger partial charge in [0.15, 0.2) is 0 Å². The fourth-order valence-electron chi connectivity index (χ4n) is 2.44. The number of likely N-dealkylation sites (N-methyl/N-ethyl adjacent to an activating group) is 1. The molecule has 2 rings (SSSR count). The summed E-state index contributed by atoms with van der Waals surface area (Å²) in [7, 11) is 2.01. The number of carbonyl (C=O) groups excluding carboxylic acids is 1. The zero-order valence-electron chi connectivity index (χ0n) is 11.6. The summed E-state index contributed by atoms with van der Waals surface area (Å²) >= 11 is 5.84. The molecule has 1 saturated heterocycles. The Bertz CT molecular complexity index is 579. The maximum atomic E-state index is 12.1. The lowest BCUT2D eigenvalue weighted by Crippen LogP contribution is -2.38. The monoisotopic (exact) mass is 312 g/mol. The zero-order valence-corrected chi connectivity index (χ0v) is 12.4. The Morgan fingerprint density at radius 1 is 1.62 bits per heavy atom. The molecule has 1 amide bonds. The molecule has 21 heavy (non-hydrogen) atoms. The fraction of sp³-hybridized carbons (Fsp3) is 0.462. The molecule has 0 radical (unpaired) electrons. The van der Waals surface area contributed by atoms with E-state index in [1.165, 1.54) is 6.07 Å². The van der Waals surface area contributed by atoms with Crippen LogP contribution in [0.15, 0.2) is 12.1 Å². The molecule has 1 aromatic rings. The number of carbonyl (C=O) groups is 1. The lowest BCUT2D eigenvalue weighted by atomic mass is 10.1. The third kappa shape index (κ3) is 3.43. The molecule has 8 heteroatoms. The van der Waals surface area contributed by atoms with Crippen molar-refractivity contribution < 1.29 is 9.72 Å². The van der Waals surface area contributed by atoms with Crippen LogP contribution in [0, 0.1) is 10.1 Å². The number of likely N-dealkylation sites (tertiary alicyclic amines) is 1. The van der Waals surface area contributed by atoms with Crippen molar-refractivity contribution in [2.75, 3.05) is 25.9 Å². The highest BCUT2D eigenvalue weighted by Gasteiger charge is 2.23. The van der Waals surface area contributed by atoms with Crippen LogP contribution in [0.1, 0.15) is 23.2 Å². The van der Waals surface area contributed by atoms with Crippen LogP contribution in [0.2, 0.25) is 5.02 Å². The third-order valence-electron chi connectivity index (χ3n) is 3.74. The largest absolute Gasteiger partial charge is 0.392 e. The molecule has 0 bridgehead atoms. The second-order valence-electron chi connectivity index (χ2n) is 5.13. The summed E-state index contributed by atoms with van der Waals surface area (Å²) in [6, 6.07) is 2.79. The average Bonchev–Trinajstić information content (AvgIpc) is 2.84. The van der Waals surface area contributed by atoms with Gasteiger partial charge < -0.3 is 16.0 Å². The molecule has 114 valence electrons. The Morgan fingerprint density at radius 2 is 2.33 bits per heavy atom. The Hall–Kier alpha value is -1.86. The summed E-state index contributed by atoms with van der Waals surface area (Å²) in [4.78, 5) is 24.5. The Kier molecular flexibility index (Phi) is 4.64. The smallest absolute Gasteiger partial charge is 0.294 e. The summed E-state index contributed by atoms with van der Waals surface area (Å²) in [5.41, 5.74) is 5.19. The first-order valence-electron chi connectivity index (χ1n) is 6.62. The highest BCUT2D eigenvalue weighted by atomic mass is 35.5. The van der Waals surface area contributed by atoms with E-state index in [-0.39, 0.29) is 27.9 Å². The molecule has 1 fully saturated rings. The van der Waals surface area contributed by atoms with Crippen LogP contribution < -0.4 is 11.1 Å². The topological polar surface area (TPSA) is 102 Å². The Morgan fingerprint density at radius 3 is 2.90 bits per heavy atom. The van der Waals surface area contributed by atoms with E-state index in [1.807, 2.05) is 7.05 Å². The van der Waals surface area contributed by atoms with Crippen molar-refractivity contribution in [3.63, 3.8) is 0 Å². The highest BCUT2D eigenvalue weighted by molar-refractivity contribution is 6.34. The van der Waals surface area contributed by atoms with Gasteiger partial charge in [0, 0.05) is 24.2 Å². The quantitative estimate of drug-likeness (QED) is 0.500. The minimum Gasteiger partial charge on any atom is -0.392 e. The summed E-state index contributed by atoms with van der Waals surface area (Å²) < 4.78 is 0. The molecule has 0 saturated carbocycles.